The Hall–Kier alpha value is -2.93. The van der Waals surface area contributed by atoms with Gasteiger partial charge >= 0.3 is 0 Å². The number of nitrogens with two attached hydrogens (primary N) is 2. The van der Waals surface area contributed by atoms with Crippen molar-refractivity contribution in [2.24, 2.45) is 0 Å². The number of rotatable bonds is 8. The summed E-state index contributed by atoms with van der Waals surface area (Å²) in [4.78, 5) is 0. The molecule has 39 heavy (non-hydrogen) atoms. The Balaban J connectivity index is 1.87. The van der Waals surface area contributed by atoms with Gasteiger partial charge in [-0.15, -0.1) is 0 Å². The van der Waals surface area contributed by atoms with Gasteiger partial charge in [0.25, 0.3) is 0 Å². The maximum absolute atomic E-state index is 14.5. The van der Waals surface area contributed by atoms with E-state index in [1.54, 1.807) is 109 Å². The first kappa shape index (κ1) is 29.1. The molecule has 4 rings (SSSR count). The van der Waals surface area contributed by atoms with Crippen LogP contribution in [0.2, 0.25) is 20.1 Å². The molecule has 9 heteroatoms. The lowest BCUT2D eigenvalue weighted by Crippen LogP contribution is -2.19. The molecule has 0 saturated carbocycles. The molecular weight excluding hydrogens is 594 g/mol. The van der Waals surface area contributed by atoms with E-state index in [0.717, 1.165) is 0 Å². The van der Waals surface area contributed by atoms with Crippen LogP contribution in [0.5, 0.6) is 0 Å². The van der Waals surface area contributed by atoms with Crippen molar-refractivity contribution in [3.63, 3.8) is 0 Å². The lowest BCUT2D eigenvalue weighted by Gasteiger charge is -2.22. The molecule has 0 spiro atoms. The van der Waals surface area contributed by atoms with Crippen molar-refractivity contribution in [2.45, 2.75) is 10.5 Å². The van der Waals surface area contributed by atoms with Crippen LogP contribution in [0, 0.1) is 0 Å². The summed E-state index contributed by atoms with van der Waals surface area (Å²) in [5.41, 5.74) is 15.4. The van der Waals surface area contributed by atoms with Crippen molar-refractivity contribution >= 4 is 79.8 Å². The number of nitrogen functional groups attached to an aromatic ring is 2. The summed E-state index contributed by atoms with van der Waals surface area (Å²) in [6.07, 6.45) is 6.53. The van der Waals surface area contributed by atoms with Crippen LogP contribution in [0.1, 0.15) is 32.8 Å². The smallest absolute Gasteiger partial charge is 0.171 e. The zero-order valence-corrected chi connectivity index (χ0v) is 24.3. The highest BCUT2D eigenvalue weighted by Gasteiger charge is 2.33. The number of hydrogen-bond acceptors (Lipinski definition) is 4. The fourth-order valence-corrected chi connectivity index (χ4v) is 6.64. The molecule has 0 aliphatic heterocycles. The molecule has 4 aromatic carbocycles. The van der Waals surface area contributed by atoms with Gasteiger partial charge in [-0.3, -0.25) is 0 Å². The van der Waals surface area contributed by atoms with E-state index in [1.807, 2.05) is 0 Å². The van der Waals surface area contributed by atoms with Crippen molar-refractivity contribution in [2.75, 3.05) is 11.5 Å². The fraction of sp³-hybridized carbons (Fsp3) is 0.0667. The summed E-state index contributed by atoms with van der Waals surface area (Å²) in [5.74, 6) is 0. The molecule has 2 atom stereocenters. The van der Waals surface area contributed by atoms with E-state index in [1.165, 1.54) is 0 Å². The lowest BCUT2D eigenvalue weighted by atomic mass is 10.1. The average Bonchev–Trinajstić information content (AvgIpc) is 2.90. The normalized spacial score (nSPS) is 13.6. The molecule has 200 valence electrons. The Labute approximate surface area is 248 Å². The second-order valence-corrected chi connectivity index (χ2v) is 12.7. The second kappa shape index (κ2) is 12.5. The summed E-state index contributed by atoms with van der Waals surface area (Å²) >= 11 is 24.6. The first-order valence-corrected chi connectivity index (χ1v) is 14.9. The molecule has 4 aromatic rings. The second-order valence-electron chi connectivity index (χ2n) is 8.80. The Bertz CT molecular complexity index is 1520. The molecule has 0 aliphatic rings. The maximum atomic E-state index is 14.5. The van der Waals surface area contributed by atoms with Crippen LogP contribution < -0.4 is 11.5 Å². The monoisotopic (exact) mass is 616 g/mol. The average molecular weight is 618 g/mol. The lowest BCUT2D eigenvalue weighted by molar-refractivity contribution is 0.584. The minimum absolute atomic E-state index is 0.466. The molecule has 4 nitrogen and oxygen atoms in total. The minimum atomic E-state index is -3.99. The molecule has 0 radical (unpaired) electrons. The minimum Gasteiger partial charge on any atom is -0.398 e. The SMILES string of the molecule is Nc1ccc(Cl)cc1C=CC(c1ccc(Cl)cc1)S(=O)(=O)C(C=Cc1cc(Cl)ccc1N)c1ccc(Cl)cc1. The predicted octanol–water partition coefficient (Wildman–Crippen LogP) is 9.09. The van der Waals surface area contributed by atoms with E-state index in [9.17, 15) is 8.42 Å². The van der Waals surface area contributed by atoms with E-state index in [2.05, 4.69) is 0 Å². The molecular formula is C30H24Cl4N2O2S. The van der Waals surface area contributed by atoms with Crippen LogP contribution in [0.3, 0.4) is 0 Å². The van der Waals surface area contributed by atoms with Crippen molar-refractivity contribution < 1.29 is 8.42 Å². The van der Waals surface area contributed by atoms with E-state index < -0.39 is 20.3 Å². The van der Waals surface area contributed by atoms with Gasteiger partial charge in [-0.1, -0.05) is 95.0 Å². The van der Waals surface area contributed by atoms with E-state index in [4.69, 9.17) is 57.9 Å². The largest absolute Gasteiger partial charge is 0.398 e. The van der Waals surface area contributed by atoms with Gasteiger partial charge in [0.15, 0.2) is 9.84 Å². The summed E-state index contributed by atoms with van der Waals surface area (Å²) in [6.45, 7) is 0. The van der Waals surface area contributed by atoms with Crippen molar-refractivity contribution in [3.05, 3.63) is 139 Å². The third-order valence-corrected chi connectivity index (χ3v) is 9.35. The standard InChI is InChI=1S/C30H24Cl4N2O2S/c31-23-7-1-19(2-8-23)29(15-5-21-17-25(33)11-13-27(21)35)39(37,38)30(20-3-9-24(32)10-4-20)16-6-22-18-26(34)12-14-28(22)36/h1-18,29-30H,35-36H2. The van der Waals surface area contributed by atoms with Gasteiger partial charge in [0.05, 0.1) is 0 Å². The molecule has 2 unspecified atom stereocenters. The Morgan fingerprint density at radius 2 is 0.872 bits per heavy atom. The number of hydrogen-bond donors (Lipinski definition) is 2. The molecule has 0 fully saturated rings. The van der Waals surface area contributed by atoms with Gasteiger partial charge in [-0.05, 0) is 82.9 Å². The zero-order chi connectivity index (χ0) is 28.2. The summed E-state index contributed by atoms with van der Waals surface area (Å²) < 4.78 is 28.9. The van der Waals surface area contributed by atoms with Crippen molar-refractivity contribution in [3.8, 4) is 0 Å². The third-order valence-electron chi connectivity index (χ3n) is 6.10. The van der Waals surface area contributed by atoms with Gasteiger partial charge in [0.2, 0.25) is 0 Å². The van der Waals surface area contributed by atoms with Crippen LogP contribution >= 0.6 is 46.4 Å². The molecule has 0 saturated heterocycles. The number of sulfone groups is 1. The Morgan fingerprint density at radius 1 is 0.538 bits per heavy atom. The first-order valence-electron chi connectivity index (χ1n) is 11.7. The van der Waals surface area contributed by atoms with Crippen LogP contribution in [0.25, 0.3) is 12.2 Å². The van der Waals surface area contributed by atoms with Gasteiger partial charge in [0.1, 0.15) is 10.5 Å². The van der Waals surface area contributed by atoms with Gasteiger partial charge in [-0.25, -0.2) is 8.42 Å². The van der Waals surface area contributed by atoms with Gasteiger partial charge in [0, 0.05) is 31.5 Å². The topological polar surface area (TPSA) is 86.2 Å². The van der Waals surface area contributed by atoms with Crippen LogP contribution in [0.15, 0.2) is 97.1 Å². The van der Waals surface area contributed by atoms with Crippen molar-refractivity contribution in [1.29, 1.82) is 0 Å². The van der Waals surface area contributed by atoms with Crippen LogP contribution in [-0.4, -0.2) is 8.42 Å². The summed E-state index contributed by atoms with van der Waals surface area (Å²) in [7, 11) is -3.99. The van der Waals surface area contributed by atoms with E-state index >= 15 is 0 Å². The van der Waals surface area contributed by atoms with Gasteiger partial charge < -0.3 is 11.5 Å². The Morgan fingerprint density at radius 3 is 1.23 bits per heavy atom. The molecule has 0 heterocycles. The molecule has 0 bridgehead atoms. The molecule has 0 aliphatic carbocycles. The van der Waals surface area contributed by atoms with E-state index in [-0.39, 0.29) is 0 Å². The maximum Gasteiger partial charge on any atom is 0.171 e. The van der Waals surface area contributed by atoms with E-state index in [0.29, 0.717) is 53.7 Å². The molecule has 0 amide bonds. The highest BCUT2D eigenvalue weighted by Crippen LogP contribution is 2.38. The fourth-order valence-electron chi connectivity index (χ4n) is 4.05. The zero-order valence-electron chi connectivity index (χ0n) is 20.4. The van der Waals surface area contributed by atoms with Crippen LogP contribution in [-0.2, 0) is 9.84 Å². The highest BCUT2D eigenvalue weighted by atomic mass is 35.5. The molecule has 4 N–H and O–H groups in total. The quantitative estimate of drug-likeness (QED) is 0.193. The first-order chi connectivity index (χ1) is 18.5. The number of halogens is 4. The third kappa shape index (κ3) is 7.18. The van der Waals surface area contributed by atoms with Crippen LogP contribution in [0.4, 0.5) is 11.4 Å². The summed E-state index contributed by atoms with van der Waals surface area (Å²) in [6, 6.07) is 23.4. The highest BCUT2D eigenvalue weighted by molar-refractivity contribution is 7.92. The Kier molecular flexibility index (Phi) is 9.31. The molecule has 0 aromatic heterocycles. The summed E-state index contributed by atoms with van der Waals surface area (Å²) in [5, 5.41) is -0.177. The van der Waals surface area contributed by atoms with Gasteiger partial charge in [-0.2, -0.15) is 0 Å². The number of benzene rings is 4. The predicted molar refractivity (Wildman–Crippen MR) is 167 cm³/mol. The number of anilines is 2. The van der Waals surface area contributed by atoms with Crippen molar-refractivity contribution in [1.82, 2.24) is 0 Å².